The molecule has 0 aromatic carbocycles. The summed E-state index contributed by atoms with van der Waals surface area (Å²) in [6.07, 6.45) is 4.49. The highest BCUT2D eigenvalue weighted by Crippen LogP contribution is 2.22. The van der Waals surface area contributed by atoms with Crippen molar-refractivity contribution in [1.82, 2.24) is 15.3 Å². The van der Waals surface area contributed by atoms with Crippen molar-refractivity contribution in [2.24, 2.45) is 0 Å². The molecule has 1 N–H and O–H groups in total. The van der Waals surface area contributed by atoms with Crippen LogP contribution in [0.5, 0.6) is 5.88 Å². The molecule has 0 bridgehead atoms. The molecule has 90 valence electrons. The van der Waals surface area contributed by atoms with Crippen LogP contribution in [0.25, 0.3) is 0 Å². The lowest BCUT2D eigenvalue weighted by atomic mass is 9.95. The summed E-state index contributed by atoms with van der Waals surface area (Å²) in [6.45, 7) is 7.42. The Morgan fingerprint density at radius 3 is 2.69 bits per heavy atom. The fourth-order valence-electron chi connectivity index (χ4n) is 1.92. The molecule has 0 aliphatic heterocycles. The zero-order valence-corrected chi connectivity index (χ0v) is 10.5. The zero-order valence-electron chi connectivity index (χ0n) is 10.5. The van der Waals surface area contributed by atoms with Crippen LogP contribution in [0.2, 0.25) is 0 Å². The van der Waals surface area contributed by atoms with E-state index in [0.29, 0.717) is 17.8 Å². The van der Waals surface area contributed by atoms with Crippen molar-refractivity contribution in [3.63, 3.8) is 0 Å². The number of nitrogens with one attached hydrogen (secondary N) is 1. The molecule has 4 nitrogen and oxygen atoms in total. The van der Waals surface area contributed by atoms with Crippen LogP contribution in [-0.4, -0.2) is 29.7 Å². The van der Waals surface area contributed by atoms with Crippen LogP contribution in [0.15, 0.2) is 12.4 Å². The molecular formula is C12H21N3O. The maximum absolute atomic E-state index is 5.10. The molecule has 1 aromatic rings. The maximum atomic E-state index is 5.10. The van der Waals surface area contributed by atoms with Gasteiger partial charge in [-0.15, -0.1) is 0 Å². The largest absolute Gasteiger partial charge is 0.480 e. The van der Waals surface area contributed by atoms with Crippen molar-refractivity contribution in [3.05, 3.63) is 18.1 Å². The fraction of sp³-hybridized carbons (Fsp3) is 0.667. The van der Waals surface area contributed by atoms with Crippen molar-refractivity contribution in [2.45, 2.75) is 39.2 Å². The average Bonchev–Trinajstić information content (AvgIpc) is 2.31. The summed E-state index contributed by atoms with van der Waals surface area (Å²) < 4.78 is 5.10. The third kappa shape index (κ3) is 3.17. The first-order valence-electron chi connectivity index (χ1n) is 5.82. The molecule has 0 spiro atoms. The molecule has 0 saturated carbocycles. The second kappa shape index (κ2) is 6.43. The minimum Gasteiger partial charge on any atom is -0.480 e. The van der Waals surface area contributed by atoms with Crippen LogP contribution in [0, 0.1) is 0 Å². The molecule has 0 saturated heterocycles. The minimum absolute atomic E-state index is 0.377. The van der Waals surface area contributed by atoms with Crippen molar-refractivity contribution >= 4 is 0 Å². The van der Waals surface area contributed by atoms with E-state index < -0.39 is 0 Å². The van der Waals surface area contributed by atoms with Crippen LogP contribution in [0.1, 0.15) is 38.8 Å². The predicted octanol–water partition coefficient (Wildman–Crippen LogP) is 1.98. The van der Waals surface area contributed by atoms with Gasteiger partial charge < -0.3 is 10.1 Å². The Labute approximate surface area is 97.5 Å². The summed E-state index contributed by atoms with van der Waals surface area (Å²) in [6, 6.07) is 0.399. The Balaban J connectivity index is 2.85. The van der Waals surface area contributed by atoms with Gasteiger partial charge in [-0.05, 0) is 19.9 Å². The number of nitrogens with zero attached hydrogens (tertiary/aromatic N) is 2. The number of rotatable bonds is 6. The molecule has 0 aliphatic rings. The number of methoxy groups -OCH3 is 1. The van der Waals surface area contributed by atoms with Crippen molar-refractivity contribution < 1.29 is 4.74 Å². The van der Waals surface area contributed by atoms with Gasteiger partial charge in [-0.3, -0.25) is 4.98 Å². The Hall–Kier alpha value is -1.16. The topological polar surface area (TPSA) is 47.0 Å². The first-order valence-corrected chi connectivity index (χ1v) is 5.82. The molecular weight excluding hydrogens is 202 g/mol. The van der Waals surface area contributed by atoms with E-state index in [9.17, 15) is 0 Å². The molecule has 1 aromatic heterocycles. The summed E-state index contributed by atoms with van der Waals surface area (Å²) in [4.78, 5) is 8.59. The third-order valence-electron chi connectivity index (χ3n) is 2.79. The number of aromatic nitrogens is 2. The van der Waals surface area contributed by atoms with Gasteiger partial charge >= 0.3 is 0 Å². The fourth-order valence-corrected chi connectivity index (χ4v) is 1.92. The van der Waals surface area contributed by atoms with E-state index in [1.807, 2.05) is 6.20 Å². The van der Waals surface area contributed by atoms with Crippen molar-refractivity contribution in [3.8, 4) is 5.88 Å². The van der Waals surface area contributed by atoms with E-state index in [4.69, 9.17) is 4.74 Å². The molecule has 1 rings (SSSR count). The van der Waals surface area contributed by atoms with E-state index in [1.54, 1.807) is 13.3 Å². The summed E-state index contributed by atoms with van der Waals surface area (Å²) in [5.41, 5.74) is 0.996. The summed E-state index contributed by atoms with van der Waals surface area (Å²) in [7, 11) is 1.61. The quantitative estimate of drug-likeness (QED) is 0.801. The zero-order chi connectivity index (χ0) is 12.0. The van der Waals surface area contributed by atoms with Gasteiger partial charge in [0.1, 0.15) is 0 Å². The molecule has 1 heterocycles. The normalized spacial score (nSPS) is 14.5. The first-order chi connectivity index (χ1) is 7.72. The molecule has 2 atom stereocenters. The number of hydrogen-bond donors (Lipinski definition) is 1. The van der Waals surface area contributed by atoms with Gasteiger partial charge in [-0.25, -0.2) is 4.98 Å². The number of likely N-dealkylation sites (N-methyl/N-ethyl adjacent to an activating group) is 1. The van der Waals surface area contributed by atoms with Crippen LogP contribution >= 0.6 is 0 Å². The van der Waals surface area contributed by atoms with Crippen LogP contribution in [0.3, 0.4) is 0 Å². The SMILES string of the molecule is CCNC(C)C(CC)c1cncc(OC)n1. The van der Waals surface area contributed by atoms with Crippen LogP contribution in [0.4, 0.5) is 0 Å². The molecule has 0 fully saturated rings. The smallest absolute Gasteiger partial charge is 0.232 e. The van der Waals surface area contributed by atoms with Crippen molar-refractivity contribution in [1.29, 1.82) is 0 Å². The van der Waals surface area contributed by atoms with E-state index in [2.05, 4.69) is 36.1 Å². The lowest BCUT2D eigenvalue weighted by Crippen LogP contribution is -2.32. The van der Waals surface area contributed by atoms with Gasteiger partial charge in [0.05, 0.1) is 19.0 Å². The second-order valence-corrected chi connectivity index (χ2v) is 3.85. The number of hydrogen-bond acceptors (Lipinski definition) is 4. The Kier molecular flexibility index (Phi) is 5.19. The van der Waals surface area contributed by atoms with Gasteiger partial charge in [0, 0.05) is 18.2 Å². The van der Waals surface area contributed by atoms with Gasteiger partial charge in [0.25, 0.3) is 0 Å². The highest BCUT2D eigenvalue weighted by molar-refractivity contribution is 5.13. The molecule has 16 heavy (non-hydrogen) atoms. The Morgan fingerprint density at radius 2 is 2.12 bits per heavy atom. The average molecular weight is 223 g/mol. The third-order valence-corrected chi connectivity index (χ3v) is 2.79. The summed E-state index contributed by atoms with van der Waals surface area (Å²) in [5.74, 6) is 0.960. The second-order valence-electron chi connectivity index (χ2n) is 3.85. The molecule has 0 amide bonds. The van der Waals surface area contributed by atoms with E-state index >= 15 is 0 Å². The molecule has 0 radical (unpaired) electrons. The summed E-state index contributed by atoms with van der Waals surface area (Å²) >= 11 is 0. The van der Waals surface area contributed by atoms with E-state index in [1.165, 1.54) is 0 Å². The monoisotopic (exact) mass is 223 g/mol. The van der Waals surface area contributed by atoms with Crippen LogP contribution in [-0.2, 0) is 0 Å². The Morgan fingerprint density at radius 1 is 1.38 bits per heavy atom. The van der Waals surface area contributed by atoms with E-state index in [-0.39, 0.29) is 0 Å². The lowest BCUT2D eigenvalue weighted by Gasteiger charge is -2.22. The predicted molar refractivity (Wildman–Crippen MR) is 64.8 cm³/mol. The first kappa shape index (κ1) is 12.9. The van der Waals surface area contributed by atoms with Gasteiger partial charge in [0.2, 0.25) is 5.88 Å². The Bertz CT molecular complexity index is 317. The van der Waals surface area contributed by atoms with Gasteiger partial charge in [-0.2, -0.15) is 0 Å². The number of ether oxygens (including phenoxy) is 1. The summed E-state index contributed by atoms with van der Waals surface area (Å²) in [5, 5.41) is 3.42. The molecule has 0 aliphatic carbocycles. The highest BCUT2D eigenvalue weighted by atomic mass is 16.5. The van der Waals surface area contributed by atoms with Crippen LogP contribution < -0.4 is 10.1 Å². The van der Waals surface area contributed by atoms with Gasteiger partial charge in [0.15, 0.2) is 0 Å². The van der Waals surface area contributed by atoms with Crippen molar-refractivity contribution in [2.75, 3.05) is 13.7 Å². The maximum Gasteiger partial charge on any atom is 0.232 e. The van der Waals surface area contributed by atoms with Gasteiger partial charge in [-0.1, -0.05) is 13.8 Å². The molecule has 4 heteroatoms. The molecule has 2 unspecified atom stereocenters. The lowest BCUT2D eigenvalue weighted by molar-refractivity contribution is 0.386. The minimum atomic E-state index is 0.377. The van der Waals surface area contributed by atoms with E-state index in [0.717, 1.165) is 18.7 Å². The standard InChI is InChI=1S/C12H21N3O/c1-5-10(9(3)14-6-2)11-7-13-8-12(15-11)16-4/h7-10,14H,5-6H2,1-4H3. The highest BCUT2D eigenvalue weighted by Gasteiger charge is 2.18.